The van der Waals surface area contributed by atoms with Gasteiger partial charge in [0, 0.05) is 36.8 Å². The number of hydrogen-bond acceptors (Lipinski definition) is 8. The van der Waals surface area contributed by atoms with Crippen molar-refractivity contribution in [3.63, 3.8) is 0 Å². The minimum Gasteiger partial charge on any atom is -0.508 e. The summed E-state index contributed by atoms with van der Waals surface area (Å²) in [6, 6.07) is 27.3. The Bertz CT molecular complexity index is 2120. The van der Waals surface area contributed by atoms with Crippen LogP contribution in [0.4, 0.5) is 0 Å². The molecule has 0 radical (unpaired) electrons. The lowest BCUT2D eigenvalue weighted by Crippen LogP contribution is -2.56. The van der Waals surface area contributed by atoms with Crippen molar-refractivity contribution >= 4 is 17.8 Å². The molecule has 2 amide bonds. The average molecular weight is 698 g/mol. The van der Waals surface area contributed by atoms with Crippen molar-refractivity contribution < 1.29 is 33.7 Å². The monoisotopic (exact) mass is 697 g/mol. The Labute approximate surface area is 302 Å². The fourth-order valence-corrected chi connectivity index (χ4v) is 6.81. The molecule has 2 unspecified atom stereocenters. The van der Waals surface area contributed by atoms with Crippen LogP contribution >= 0.6 is 0 Å². The van der Waals surface area contributed by atoms with Crippen molar-refractivity contribution in [2.45, 2.75) is 51.4 Å². The number of aryl methyl sites for hydroxylation is 1. The maximum absolute atomic E-state index is 14.2. The lowest BCUT2D eigenvalue weighted by atomic mass is 9.91. The number of methoxy groups -OCH3 is 1. The number of aromatic nitrogens is 1. The number of carbonyl (C=O) groups is 3. The van der Waals surface area contributed by atoms with Gasteiger partial charge in [0.05, 0.1) is 7.11 Å². The molecule has 52 heavy (non-hydrogen) atoms. The van der Waals surface area contributed by atoms with E-state index in [0.29, 0.717) is 17.1 Å². The Hall–Kier alpha value is -6.16. The van der Waals surface area contributed by atoms with Gasteiger partial charge < -0.3 is 29.5 Å². The molecule has 0 saturated heterocycles. The lowest BCUT2D eigenvalue weighted by Gasteiger charge is -2.37. The van der Waals surface area contributed by atoms with E-state index in [1.54, 1.807) is 59.6 Å². The number of fused-ring (bicyclic) bond motifs is 2. The van der Waals surface area contributed by atoms with Crippen LogP contribution in [0.1, 0.15) is 50.0 Å². The van der Waals surface area contributed by atoms with Gasteiger partial charge >= 0.3 is 5.97 Å². The number of ether oxygens (including phenoxy) is 3. The van der Waals surface area contributed by atoms with E-state index in [2.05, 4.69) is 10.3 Å². The minimum absolute atomic E-state index is 0.139. The third-order valence-electron chi connectivity index (χ3n) is 9.87. The molecule has 0 fully saturated rings. The van der Waals surface area contributed by atoms with Crippen LogP contribution in [0.2, 0.25) is 0 Å². The van der Waals surface area contributed by atoms with Gasteiger partial charge in [0.1, 0.15) is 24.4 Å². The fraction of sp³-hybridized carbons (Fsp3) is 0.238. The third-order valence-corrected chi connectivity index (χ3v) is 9.87. The topological polar surface area (TPSA) is 127 Å². The molecule has 0 aliphatic carbocycles. The molecular formula is C42H39N3O7. The van der Waals surface area contributed by atoms with Crippen LogP contribution in [0, 0.1) is 13.8 Å². The number of aromatic hydroxyl groups is 1. The molecule has 10 nitrogen and oxygen atoms in total. The van der Waals surface area contributed by atoms with Crippen molar-refractivity contribution in [3.8, 4) is 28.4 Å². The minimum atomic E-state index is -0.986. The van der Waals surface area contributed by atoms with E-state index in [-0.39, 0.29) is 43.8 Å². The van der Waals surface area contributed by atoms with E-state index >= 15 is 0 Å². The second-order valence-electron chi connectivity index (χ2n) is 13.1. The summed E-state index contributed by atoms with van der Waals surface area (Å²) >= 11 is 0. The zero-order valence-corrected chi connectivity index (χ0v) is 29.2. The molecule has 0 spiro atoms. The molecule has 3 heterocycles. The third kappa shape index (κ3) is 7.05. The first kappa shape index (κ1) is 34.3. The quantitative estimate of drug-likeness (QED) is 0.188. The molecule has 1 aromatic heterocycles. The molecule has 2 N–H and O–H groups in total. The Balaban J connectivity index is 1.14. The number of esters is 1. The highest BCUT2D eigenvalue weighted by Crippen LogP contribution is 2.41. The second-order valence-corrected chi connectivity index (χ2v) is 13.1. The zero-order chi connectivity index (χ0) is 36.4. The van der Waals surface area contributed by atoms with Crippen molar-refractivity contribution in [2.75, 3.05) is 13.7 Å². The highest BCUT2D eigenvalue weighted by Gasteiger charge is 2.38. The van der Waals surface area contributed by atoms with E-state index in [1.807, 2.05) is 62.4 Å². The molecule has 0 bridgehead atoms. The first-order chi connectivity index (χ1) is 25.2. The van der Waals surface area contributed by atoms with Gasteiger partial charge in [0.15, 0.2) is 17.6 Å². The summed E-state index contributed by atoms with van der Waals surface area (Å²) in [5.74, 6) is -0.122. The fourth-order valence-electron chi connectivity index (χ4n) is 6.81. The second kappa shape index (κ2) is 14.6. The zero-order valence-electron chi connectivity index (χ0n) is 29.2. The number of phenolic OH excluding ortho intramolecular Hbond substituents is 1. The first-order valence-electron chi connectivity index (χ1n) is 17.2. The van der Waals surface area contributed by atoms with Gasteiger partial charge in [0.2, 0.25) is 5.91 Å². The van der Waals surface area contributed by atoms with Crippen LogP contribution in [-0.2, 0) is 33.7 Å². The highest BCUT2D eigenvalue weighted by atomic mass is 16.6. The van der Waals surface area contributed by atoms with E-state index in [0.717, 1.165) is 44.6 Å². The maximum Gasteiger partial charge on any atom is 0.328 e. The molecule has 3 atom stereocenters. The molecule has 264 valence electrons. The van der Waals surface area contributed by atoms with Crippen LogP contribution in [0.3, 0.4) is 0 Å². The molecule has 4 aromatic carbocycles. The first-order valence-corrected chi connectivity index (χ1v) is 17.2. The van der Waals surface area contributed by atoms with Gasteiger partial charge in [-0.1, -0.05) is 54.6 Å². The maximum atomic E-state index is 14.2. The molecule has 0 saturated carbocycles. The molecule has 7 rings (SSSR count). The summed E-state index contributed by atoms with van der Waals surface area (Å²) in [5, 5.41) is 12.6. The van der Waals surface area contributed by atoms with Crippen LogP contribution < -0.4 is 14.8 Å². The van der Waals surface area contributed by atoms with Crippen molar-refractivity contribution in [1.82, 2.24) is 15.2 Å². The largest absolute Gasteiger partial charge is 0.508 e. The van der Waals surface area contributed by atoms with E-state index in [9.17, 15) is 19.5 Å². The number of phenols is 1. The smallest absolute Gasteiger partial charge is 0.328 e. The summed E-state index contributed by atoms with van der Waals surface area (Å²) in [6.45, 7) is 4.42. The number of nitrogens with zero attached hydrogens (tertiary/aromatic N) is 2. The highest BCUT2D eigenvalue weighted by molar-refractivity contribution is 5.98. The summed E-state index contributed by atoms with van der Waals surface area (Å²) < 4.78 is 17.6. The number of nitrogens with one attached hydrogen (secondary N) is 1. The summed E-state index contributed by atoms with van der Waals surface area (Å²) in [5.41, 5.74) is 7.95. The van der Waals surface area contributed by atoms with Crippen LogP contribution in [0.5, 0.6) is 17.2 Å². The Morgan fingerprint density at radius 1 is 0.942 bits per heavy atom. The Kier molecular flexibility index (Phi) is 9.63. The van der Waals surface area contributed by atoms with Crippen molar-refractivity contribution in [3.05, 3.63) is 142 Å². The van der Waals surface area contributed by atoms with Gasteiger partial charge in [0.25, 0.3) is 5.91 Å². The molecule has 2 aliphatic rings. The SMILES string of the molecule is COC(=O)[C@H](Cc1ccc(-c2ccnc(C)c2C)cc1)NC(=O)C1Cc2cc3c(cc2CN1C(=O)c1ccccc1)OC(c1ccc(O)cc1)CO3. The number of benzene rings is 4. The normalized spacial score (nSPS) is 16.7. The van der Waals surface area contributed by atoms with Gasteiger partial charge in [-0.2, -0.15) is 0 Å². The summed E-state index contributed by atoms with van der Waals surface area (Å²) in [4.78, 5) is 47.2. The van der Waals surface area contributed by atoms with Gasteiger partial charge in [-0.05, 0) is 95.3 Å². The van der Waals surface area contributed by atoms with Crippen molar-refractivity contribution in [1.29, 1.82) is 0 Å². The van der Waals surface area contributed by atoms with E-state index in [4.69, 9.17) is 14.2 Å². The number of amides is 2. The Morgan fingerprint density at radius 2 is 1.67 bits per heavy atom. The molecule has 10 heteroatoms. The number of carbonyl (C=O) groups excluding carboxylic acids is 3. The molecular weight excluding hydrogens is 658 g/mol. The number of pyridine rings is 1. The summed E-state index contributed by atoms with van der Waals surface area (Å²) in [7, 11) is 1.29. The van der Waals surface area contributed by atoms with Gasteiger partial charge in [-0.25, -0.2) is 4.79 Å². The van der Waals surface area contributed by atoms with Crippen molar-refractivity contribution in [2.24, 2.45) is 0 Å². The van der Waals surface area contributed by atoms with Gasteiger partial charge in [-0.15, -0.1) is 0 Å². The van der Waals surface area contributed by atoms with Crippen LogP contribution in [0.15, 0.2) is 103 Å². The van der Waals surface area contributed by atoms with Crippen LogP contribution in [-0.4, -0.2) is 58.6 Å². The Morgan fingerprint density at radius 3 is 2.40 bits per heavy atom. The predicted octanol–water partition coefficient (Wildman–Crippen LogP) is 6.05. The predicted molar refractivity (Wildman–Crippen MR) is 194 cm³/mol. The van der Waals surface area contributed by atoms with Gasteiger partial charge in [-0.3, -0.25) is 14.6 Å². The standard InChI is InChI=1S/C42H39N3O7/c1-25-26(2)43-18-17-34(25)28-11-9-27(10-12-28)19-35(42(49)50-3)44-40(47)36-20-31-21-37-38(52-39(24-51-37)29-13-15-33(46)16-14-29)22-32(31)23-45(36)41(48)30-7-5-4-6-8-30/h4-18,21-22,35-36,39,46H,19-20,23-24H2,1-3H3,(H,44,47)/t35-,36?,39?/m0/s1. The summed E-state index contributed by atoms with van der Waals surface area (Å²) in [6.07, 6.45) is 1.80. The molecule has 5 aromatic rings. The molecule has 2 aliphatic heterocycles. The van der Waals surface area contributed by atoms with E-state index < -0.39 is 24.0 Å². The van der Waals surface area contributed by atoms with Crippen LogP contribution in [0.25, 0.3) is 11.1 Å². The number of rotatable bonds is 8. The lowest BCUT2D eigenvalue weighted by molar-refractivity contribution is -0.145. The number of hydrogen-bond donors (Lipinski definition) is 2. The average Bonchev–Trinajstić information content (AvgIpc) is 3.17. The van der Waals surface area contributed by atoms with E-state index in [1.165, 1.54) is 7.11 Å².